The number of ether oxygens (including phenoxy) is 4. The van der Waals surface area contributed by atoms with E-state index in [2.05, 4.69) is 27.7 Å². The maximum Gasteiger partial charge on any atom is 0.171 e. The fourth-order valence-electron chi connectivity index (χ4n) is 3.46. The molecule has 0 bridgehead atoms. The molecule has 0 spiro atoms. The van der Waals surface area contributed by atoms with Crippen LogP contribution in [0.3, 0.4) is 0 Å². The number of unbranched alkanes of at least 4 members (excludes halogenated alkanes) is 2. The van der Waals surface area contributed by atoms with Gasteiger partial charge in [-0.1, -0.05) is 53.4 Å². The Morgan fingerprint density at radius 2 is 1.32 bits per heavy atom. The minimum atomic E-state index is -0.268. The van der Waals surface area contributed by atoms with Crippen molar-refractivity contribution >= 4 is 11.3 Å². The molecule has 1 aliphatic heterocycles. The van der Waals surface area contributed by atoms with E-state index in [1.54, 1.807) is 11.3 Å². The molecule has 0 aliphatic carbocycles. The molecule has 2 unspecified atom stereocenters. The summed E-state index contributed by atoms with van der Waals surface area (Å²) in [6.07, 6.45) is 9.75. The Kier molecular flexibility index (Phi) is 10.7. The molecular formula is C23H40O4S. The lowest BCUT2D eigenvalue weighted by molar-refractivity contribution is -0.0991. The van der Waals surface area contributed by atoms with Crippen LogP contribution in [0.1, 0.15) is 79.1 Å². The van der Waals surface area contributed by atoms with Crippen LogP contribution in [0.4, 0.5) is 0 Å². The van der Waals surface area contributed by atoms with Gasteiger partial charge in [-0.25, -0.2) is 0 Å². The van der Waals surface area contributed by atoms with E-state index in [9.17, 15) is 0 Å². The van der Waals surface area contributed by atoms with Gasteiger partial charge in [0.2, 0.25) is 0 Å². The monoisotopic (exact) mass is 412 g/mol. The summed E-state index contributed by atoms with van der Waals surface area (Å²) in [6.45, 7) is 11.3. The molecule has 1 aromatic heterocycles. The lowest BCUT2D eigenvalue weighted by Gasteiger charge is -2.33. The van der Waals surface area contributed by atoms with Crippen molar-refractivity contribution in [2.75, 3.05) is 26.4 Å². The molecule has 0 radical (unpaired) electrons. The molecule has 0 saturated carbocycles. The SMILES string of the molecule is CCCCC(CC)OCC1(COC(CC)CCCC)COc2cscc2OC1. The third-order valence-electron chi connectivity index (χ3n) is 5.58. The molecule has 0 aromatic carbocycles. The summed E-state index contributed by atoms with van der Waals surface area (Å²) < 4.78 is 25.0. The van der Waals surface area contributed by atoms with Crippen molar-refractivity contribution in [2.24, 2.45) is 5.41 Å². The maximum absolute atomic E-state index is 6.38. The minimum Gasteiger partial charge on any atom is -0.488 e. The number of rotatable bonds is 14. The standard InChI is InChI=1S/C23H40O4S/c1-5-9-11-19(7-3)24-15-23(16-25-20(8-4)12-10-6-2)17-26-21-13-28-14-22(21)27-18-23/h13-14,19-20H,5-12,15-18H2,1-4H3. The van der Waals surface area contributed by atoms with E-state index in [0.717, 1.165) is 37.2 Å². The van der Waals surface area contributed by atoms with Crippen LogP contribution < -0.4 is 9.47 Å². The average molecular weight is 413 g/mol. The summed E-state index contributed by atoms with van der Waals surface area (Å²) in [7, 11) is 0. The second-order valence-corrected chi connectivity index (χ2v) is 8.89. The van der Waals surface area contributed by atoms with Gasteiger partial charge in [-0.05, 0) is 25.7 Å². The minimum absolute atomic E-state index is 0.268. The molecular weight excluding hydrogens is 372 g/mol. The molecule has 0 amide bonds. The normalized spacial score (nSPS) is 17.9. The first kappa shape index (κ1) is 23.5. The zero-order valence-corrected chi connectivity index (χ0v) is 19.2. The molecule has 4 nitrogen and oxygen atoms in total. The number of thiophene rings is 1. The van der Waals surface area contributed by atoms with Crippen molar-refractivity contribution in [3.8, 4) is 11.5 Å². The highest BCUT2D eigenvalue weighted by Gasteiger charge is 2.38. The second kappa shape index (κ2) is 12.7. The Morgan fingerprint density at radius 3 is 1.71 bits per heavy atom. The van der Waals surface area contributed by atoms with Crippen molar-refractivity contribution < 1.29 is 18.9 Å². The lowest BCUT2D eigenvalue weighted by atomic mass is 9.91. The molecule has 162 valence electrons. The number of hydrogen-bond donors (Lipinski definition) is 0. The second-order valence-electron chi connectivity index (χ2n) is 8.14. The predicted molar refractivity (Wildman–Crippen MR) is 117 cm³/mol. The third kappa shape index (κ3) is 7.23. The van der Waals surface area contributed by atoms with Crippen molar-refractivity contribution in [2.45, 2.75) is 91.3 Å². The highest BCUT2D eigenvalue weighted by atomic mass is 32.1. The highest BCUT2D eigenvalue weighted by molar-refractivity contribution is 7.08. The molecule has 0 saturated heterocycles. The molecule has 0 N–H and O–H groups in total. The Hall–Kier alpha value is -0.780. The van der Waals surface area contributed by atoms with Crippen molar-refractivity contribution in [1.82, 2.24) is 0 Å². The van der Waals surface area contributed by atoms with E-state index >= 15 is 0 Å². The van der Waals surface area contributed by atoms with Crippen LogP contribution in [0.25, 0.3) is 0 Å². The molecule has 2 atom stereocenters. The van der Waals surface area contributed by atoms with Gasteiger partial charge in [0.1, 0.15) is 13.2 Å². The van der Waals surface area contributed by atoms with Crippen LogP contribution in [0, 0.1) is 5.41 Å². The van der Waals surface area contributed by atoms with Gasteiger partial charge >= 0.3 is 0 Å². The number of hydrogen-bond acceptors (Lipinski definition) is 5. The fraction of sp³-hybridized carbons (Fsp3) is 0.826. The Balaban J connectivity index is 2.01. The third-order valence-corrected chi connectivity index (χ3v) is 6.28. The van der Waals surface area contributed by atoms with Gasteiger partial charge in [-0.2, -0.15) is 0 Å². The van der Waals surface area contributed by atoms with Gasteiger partial charge in [0.25, 0.3) is 0 Å². The Morgan fingerprint density at radius 1 is 0.857 bits per heavy atom. The molecule has 0 fully saturated rings. The van der Waals surface area contributed by atoms with E-state index in [1.807, 2.05) is 10.8 Å². The average Bonchev–Trinajstić information content (AvgIpc) is 3.11. The summed E-state index contributed by atoms with van der Waals surface area (Å²) in [6, 6.07) is 0. The van der Waals surface area contributed by atoms with E-state index in [-0.39, 0.29) is 5.41 Å². The zero-order chi connectivity index (χ0) is 20.2. The predicted octanol–water partition coefficient (Wildman–Crippen LogP) is 6.48. The van der Waals surface area contributed by atoms with Gasteiger partial charge in [0, 0.05) is 10.8 Å². The lowest BCUT2D eigenvalue weighted by Crippen LogP contribution is -2.44. The van der Waals surface area contributed by atoms with Gasteiger partial charge < -0.3 is 18.9 Å². The van der Waals surface area contributed by atoms with E-state index in [1.165, 1.54) is 25.7 Å². The van der Waals surface area contributed by atoms with Crippen LogP contribution in [0.5, 0.6) is 11.5 Å². The van der Waals surface area contributed by atoms with Gasteiger partial charge in [0.05, 0.1) is 30.8 Å². The quantitative estimate of drug-likeness (QED) is 0.350. The van der Waals surface area contributed by atoms with E-state index in [0.29, 0.717) is 38.6 Å². The van der Waals surface area contributed by atoms with Crippen LogP contribution in [0.2, 0.25) is 0 Å². The van der Waals surface area contributed by atoms with Crippen molar-refractivity contribution in [1.29, 1.82) is 0 Å². The first-order valence-electron chi connectivity index (χ1n) is 11.2. The summed E-state index contributed by atoms with van der Waals surface area (Å²) in [4.78, 5) is 0. The maximum atomic E-state index is 6.38. The molecule has 2 heterocycles. The van der Waals surface area contributed by atoms with Crippen LogP contribution >= 0.6 is 11.3 Å². The largest absolute Gasteiger partial charge is 0.488 e. The molecule has 28 heavy (non-hydrogen) atoms. The first-order chi connectivity index (χ1) is 13.7. The molecule has 1 aromatic rings. The van der Waals surface area contributed by atoms with Gasteiger partial charge in [-0.3, -0.25) is 0 Å². The molecule has 2 rings (SSSR count). The van der Waals surface area contributed by atoms with Crippen molar-refractivity contribution in [3.05, 3.63) is 10.8 Å². The summed E-state index contributed by atoms with van der Waals surface area (Å²) >= 11 is 1.61. The summed E-state index contributed by atoms with van der Waals surface area (Å²) in [5, 5.41) is 4.03. The smallest absolute Gasteiger partial charge is 0.171 e. The van der Waals surface area contributed by atoms with E-state index < -0.39 is 0 Å². The van der Waals surface area contributed by atoms with E-state index in [4.69, 9.17) is 18.9 Å². The summed E-state index contributed by atoms with van der Waals surface area (Å²) in [5.41, 5.74) is -0.268. The molecule has 1 aliphatic rings. The zero-order valence-electron chi connectivity index (χ0n) is 18.3. The summed E-state index contributed by atoms with van der Waals surface area (Å²) in [5.74, 6) is 1.70. The van der Waals surface area contributed by atoms with Crippen molar-refractivity contribution in [3.63, 3.8) is 0 Å². The number of fused-ring (bicyclic) bond motifs is 1. The Labute approximate surface area is 175 Å². The highest BCUT2D eigenvalue weighted by Crippen LogP contribution is 2.37. The fourth-order valence-corrected chi connectivity index (χ4v) is 4.14. The van der Waals surface area contributed by atoms with Crippen LogP contribution in [-0.4, -0.2) is 38.6 Å². The topological polar surface area (TPSA) is 36.9 Å². The van der Waals surface area contributed by atoms with Gasteiger partial charge in [-0.15, -0.1) is 11.3 Å². The van der Waals surface area contributed by atoms with Gasteiger partial charge in [0.15, 0.2) is 11.5 Å². The van der Waals surface area contributed by atoms with Crippen LogP contribution in [-0.2, 0) is 9.47 Å². The van der Waals surface area contributed by atoms with Crippen LogP contribution in [0.15, 0.2) is 10.8 Å². The molecule has 5 heteroatoms. The Bertz CT molecular complexity index is 486. The first-order valence-corrected chi connectivity index (χ1v) is 12.2.